The van der Waals surface area contributed by atoms with Crippen LogP contribution in [0.2, 0.25) is 0 Å². The lowest BCUT2D eigenvalue weighted by atomic mass is 10.3. The summed E-state index contributed by atoms with van der Waals surface area (Å²) in [5, 5.41) is 2.79. The summed E-state index contributed by atoms with van der Waals surface area (Å²) in [5.74, 6) is 0.474. The minimum absolute atomic E-state index is 0.134. The van der Waals surface area contributed by atoms with Crippen molar-refractivity contribution >= 4 is 22.4 Å². The van der Waals surface area contributed by atoms with Crippen LogP contribution in [0.25, 0.3) is 0 Å². The highest BCUT2D eigenvalue weighted by atomic mass is 32.2. The Morgan fingerprint density at radius 2 is 2.29 bits per heavy atom. The van der Waals surface area contributed by atoms with E-state index in [1.165, 1.54) is 0 Å². The average Bonchev–Trinajstić information content (AvgIpc) is 2.65. The number of nitrogen functional groups attached to an aromatic ring is 1. The lowest BCUT2D eigenvalue weighted by Crippen LogP contribution is -2.27. The summed E-state index contributed by atoms with van der Waals surface area (Å²) in [6.45, 7) is 3.20. The summed E-state index contributed by atoms with van der Waals surface area (Å²) in [6, 6.07) is 1.66. The van der Waals surface area contributed by atoms with Gasteiger partial charge < -0.3 is 15.6 Å². The smallest absolute Gasteiger partial charge is 0.267 e. The molecule has 1 atom stereocenters. The van der Waals surface area contributed by atoms with E-state index in [1.54, 1.807) is 18.5 Å². The van der Waals surface area contributed by atoms with Crippen LogP contribution in [0.1, 0.15) is 23.8 Å². The Balaban J connectivity index is 2.49. The first kappa shape index (κ1) is 13.8. The molecule has 1 aromatic rings. The van der Waals surface area contributed by atoms with E-state index in [0.717, 1.165) is 6.42 Å². The quantitative estimate of drug-likeness (QED) is 0.732. The van der Waals surface area contributed by atoms with Crippen LogP contribution in [-0.2, 0) is 17.3 Å². The number of anilines is 1. The van der Waals surface area contributed by atoms with E-state index in [0.29, 0.717) is 30.2 Å². The van der Waals surface area contributed by atoms with Crippen LogP contribution < -0.4 is 11.1 Å². The lowest BCUT2D eigenvalue weighted by Gasteiger charge is -2.07. The zero-order chi connectivity index (χ0) is 12.8. The monoisotopic (exact) mass is 257 g/mol. The van der Waals surface area contributed by atoms with Crippen LogP contribution in [0.3, 0.4) is 0 Å². The Morgan fingerprint density at radius 1 is 1.59 bits per heavy atom. The third kappa shape index (κ3) is 4.22. The Hall–Kier alpha value is -1.30. The number of nitrogens with zero attached hydrogens (tertiary/aromatic N) is 1. The second kappa shape index (κ2) is 6.44. The summed E-state index contributed by atoms with van der Waals surface area (Å²) < 4.78 is 12.6. The van der Waals surface area contributed by atoms with Crippen LogP contribution in [0.4, 0.5) is 5.69 Å². The molecule has 0 bridgehead atoms. The number of hydrogen-bond acceptors (Lipinski definition) is 3. The van der Waals surface area contributed by atoms with Gasteiger partial charge >= 0.3 is 0 Å². The first-order valence-corrected chi connectivity index (χ1v) is 7.31. The van der Waals surface area contributed by atoms with Crippen LogP contribution in [0.5, 0.6) is 0 Å². The van der Waals surface area contributed by atoms with Gasteiger partial charge in [-0.3, -0.25) is 9.00 Å². The molecule has 1 aromatic heterocycles. The molecule has 1 rings (SSSR count). The minimum atomic E-state index is -0.803. The second-order valence-electron chi connectivity index (χ2n) is 3.83. The fraction of sp³-hybridized carbons (Fsp3) is 0.545. The van der Waals surface area contributed by atoms with Gasteiger partial charge in [-0.25, -0.2) is 0 Å². The van der Waals surface area contributed by atoms with Gasteiger partial charge in [0.25, 0.3) is 5.91 Å². The Morgan fingerprint density at radius 3 is 2.88 bits per heavy atom. The third-order valence-corrected chi connectivity index (χ3v) is 3.25. The SMILES string of the molecule is CCn1cc(N)cc1C(=O)NCCCS(C)=O. The first-order valence-electron chi connectivity index (χ1n) is 5.58. The zero-order valence-corrected chi connectivity index (χ0v) is 11.0. The summed E-state index contributed by atoms with van der Waals surface area (Å²) in [7, 11) is -0.803. The highest BCUT2D eigenvalue weighted by Crippen LogP contribution is 2.10. The zero-order valence-electron chi connectivity index (χ0n) is 10.2. The van der Waals surface area contributed by atoms with Gasteiger partial charge in [-0.15, -0.1) is 0 Å². The summed E-state index contributed by atoms with van der Waals surface area (Å²) in [4.78, 5) is 11.8. The van der Waals surface area contributed by atoms with Crippen molar-refractivity contribution in [3.8, 4) is 0 Å². The first-order chi connectivity index (χ1) is 8.04. The van der Waals surface area contributed by atoms with E-state index in [4.69, 9.17) is 5.73 Å². The van der Waals surface area contributed by atoms with Gasteiger partial charge in [0.1, 0.15) is 5.69 Å². The van der Waals surface area contributed by atoms with Crippen LogP contribution in [0, 0.1) is 0 Å². The molecule has 0 radical (unpaired) electrons. The molecule has 0 aliphatic rings. The van der Waals surface area contributed by atoms with Crippen molar-refractivity contribution in [3.05, 3.63) is 18.0 Å². The molecule has 0 saturated carbocycles. The number of amides is 1. The maximum atomic E-state index is 11.8. The number of carbonyl (C=O) groups is 1. The van der Waals surface area contributed by atoms with Gasteiger partial charge in [0.05, 0.1) is 5.69 Å². The molecule has 3 N–H and O–H groups in total. The van der Waals surface area contributed by atoms with E-state index < -0.39 is 10.8 Å². The molecular weight excluding hydrogens is 238 g/mol. The number of aromatic nitrogens is 1. The normalized spacial score (nSPS) is 12.4. The molecule has 1 unspecified atom stereocenters. The van der Waals surface area contributed by atoms with E-state index in [-0.39, 0.29) is 5.91 Å². The number of carbonyl (C=O) groups excluding carboxylic acids is 1. The minimum Gasteiger partial charge on any atom is -0.397 e. The molecule has 1 heterocycles. The molecule has 0 aliphatic carbocycles. The number of hydrogen-bond donors (Lipinski definition) is 2. The highest BCUT2D eigenvalue weighted by molar-refractivity contribution is 7.84. The topological polar surface area (TPSA) is 77.1 Å². The van der Waals surface area contributed by atoms with Gasteiger partial charge in [0.15, 0.2) is 0 Å². The molecule has 0 aromatic carbocycles. The van der Waals surface area contributed by atoms with Gasteiger partial charge in [0, 0.05) is 42.1 Å². The molecule has 1 amide bonds. The Bertz CT molecular complexity index is 415. The van der Waals surface area contributed by atoms with Crippen LogP contribution in [-0.4, -0.2) is 33.2 Å². The molecule has 5 nitrogen and oxygen atoms in total. The number of rotatable bonds is 6. The maximum absolute atomic E-state index is 11.8. The molecule has 0 spiro atoms. The van der Waals surface area contributed by atoms with Crippen molar-refractivity contribution in [2.45, 2.75) is 19.9 Å². The molecule has 17 heavy (non-hydrogen) atoms. The van der Waals surface area contributed by atoms with E-state index in [2.05, 4.69) is 5.32 Å². The van der Waals surface area contributed by atoms with Crippen molar-refractivity contribution in [1.82, 2.24) is 9.88 Å². The van der Waals surface area contributed by atoms with Crippen LogP contribution >= 0.6 is 0 Å². The van der Waals surface area contributed by atoms with Gasteiger partial charge in [0.2, 0.25) is 0 Å². The molecule has 0 aliphatic heterocycles. The predicted molar refractivity (Wildman–Crippen MR) is 70.4 cm³/mol. The molecule has 6 heteroatoms. The Kier molecular flexibility index (Phi) is 5.21. The van der Waals surface area contributed by atoms with E-state index in [1.807, 2.05) is 11.5 Å². The number of aryl methyl sites for hydroxylation is 1. The summed E-state index contributed by atoms with van der Waals surface area (Å²) in [5.41, 5.74) is 6.81. The summed E-state index contributed by atoms with van der Waals surface area (Å²) in [6.07, 6.45) is 4.12. The van der Waals surface area contributed by atoms with Crippen molar-refractivity contribution in [3.63, 3.8) is 0 Å². The van der Waals surface area contributed by atoms with E-state index >= 15 is 0 Å². The number of nitrogens with two attached hydrogens (primary N) is 1. The average molecular weight is 257 g/mol. The third-order valence-electron chi connectivity index (χ3n) is 2.39. The maximum Gasteiger partial charge on any atom is 0.267 e. The van der Waals surface area contributed by atoms with Gasteiger partial charge in [-0.05, 0) is 19.4 Å². The molecule has 0 saturated heterocycles. The van der Waals surface area contributed by atoms with Gasteiger partial charge in [-0.2, -0.15) is 0 Å². The molecule has 96 valence electrons. The predicted octanol–water partition coefficient (Wildman–Crippen LogP) is 0.589. The molecular formula is C11H19N3O2S. The standard InChI is InChI=1S/C11H19N3O2S/c1-3-14-8-9(12)7-10(14)11(15)13-5-4-6-17(2)16/h7-8H,3-6,12H2,1-2H3,(H,13,15). The number of nitrogens with one attached hydrogen (secondary N) is 1. The van der Waals surface area contributed by atoms with Crippen molar-refractivity contribution in [2.75, 3.05) is 24.3 Å². The largest absolute Gasteiger partial charge is 0.397 e. The highest BCUT2D eigenvalue weighted by Gasteiger charge is 2.11. The van der Waals surface area contributed by atoms with Crippen LogP contribution in [0.15, 0.2) is 12.3 Å². The fourth-order valence-electron chi connectivity index (χ4n) is 1.55. The Labute approximate surface area is 104 Å². The van der Waals surface area contributed by atoms with Crippen molar-refractivity contribution in [1.29, 1.82) is 0 Å². The van der Waals surface area contributed by atoms with E-state index in [9.17, 15) is 9.00 Å². The fourth-order valence-corrected chi connectivity index (χ4v) is 2.10. The van der Waals surface area contributed by atoms with Gasteiger partial charge in [-0.1, -0.05) is 0 Å². The lowest BCUT2D eigenvalue weighted by molar-refractivity contribution is 0.0944. The van der Waals surface area contributed by atoms with Crippen molar-refractivity contribution in [2.24, 2.45) is 0 Å². The molecule has 0 fully saturated rings. The summed E-state index contributed by atoms with van der Waals surface area (Å²) >= 11 is 0. The van der Waals surface area contributed by atoms with Crippen molar-refractivity contribution < 1.29 is 9.00 Å². The second-order valence-corrected chi connectivity index (χ2v) is 5.39.